The van der Waals surface area contributed by atoms with Crippen molar-refractivity contribution in [3.05, 3.63) is 47.5 Å². The molecule has 2 aromatic rings. The molecule has 0 saturated heterocycles. The van der Waals surface area contributed by atoms with E-state index in [0.29, 0.717) is 6.54 Å². The lowest BCUT2D eigenvalue weighted by atomic mass is 10.1. The van der Waals surface area contributed by atoms with Gasteiger partial charge in [-0.3, -0.25) is 0 Å². The van der Waals surface area contributed by atoms with Gasteiger partial charge < -0.3 is 24.3 Å². The summed E-state index contributed by atoms with van der Waals surface area (Å²) in [5.41, 5.74) is 2.20. The average Bonchev–Trinajstić information content (AvgIpc) is 2.61. The summed E-state index contributed by atoms with van der Waals surface area (Å²) in [5.74, 6) is 3.05. The van der Waals surface area contributed by atoms with Crippen LogP contribution in [-0.2, 0) is 13.1 Å². The van der Waals surface area contributed by atoms with Crippen molar-refractivity contribution in [2.24, 2.45) is 0 Å². The van der Waals surface area contributed by atoms with E-state index in [4.69, 9.17) is 18.9 Å². The van der Waals surface area contributed by atoms with E-state index < -0.39 is 0 Å². The molecule has 0 aliphatic carbocycles. The van der Waals surface area contributed by atoms with E-state index in [1.165, 1.54) is 0 Å². The first-order chi connectivity index (χ1) is 11.2. The molecule has 5 nitrogen and oxygen atoms in total. The van der Waals surface area contributed by atoms with Crippen molar-refractivity contribution in [1.82, 2.24) is 5.32 Å². The normalized spacial score (nSPS) is 9.83. The molecule has 0 aliphatic rings. The quantitative estimate of drug-likeness (QED) is 0.787. The highest BCUT2D eigenvalue weighted by molar-refractivity contribution is 5.85. The van der Waals surface area contributed by atoms with Crippen LogP contribution in [-0.4, -0.2) is 28.4 Å². The summed E-state index contributed by atoms with van der Waals surface area (Å²) >= 11 is 0. The number of methoxy groups -OCH3 is 4. The maximum Gasteiger partial charge on any atom is 0.161 e. The van der Waals surface area contributed by atoms with Crippen LogP contribution in [0.2, 0.25) is 0 Å². The van der Waals surface area contributed by atoms with Gasteiger partial charge in [-0.05, 0) is 23.8 Å². The number of hydrogen-bond acceptors (Lipinski definition) is 5. The lowest BCUT2D eigenvalue weighted by Crippen LogP contribution is -2.13. The van der Waals surface area contributed by atoms with Gasteiger partial charge in [0.15, 0.2) is 11.5 Å². The molecule has 0 unspecified atom stereocenters. The van der Waals surface area contributed by atoms with Crippen LogP contribution in [0.4, 0.5) is 0 Å². The Balaban J connectivity index is 0.00000288. The topological polar surface area (TPSA) is 49.0 Å². The van der Waals surface area contributed by atoms with E-state index in [0.717, 1.165) is 40.7 Å². The second-order valence-electron chi connectivity index (χ2n) is 4.97. The Labute approximate surface area is 149 Å². The fraction of sp³-hybridized carbons (Fsp3) is 0.333. The minimum Gasteiger partial charge on any atom is -0.497 e. The monoisotopic (exact) mass is 353 g/mol. The van der Waals surface area contributed by atoms with Crippen LogP contribution >= 0.6 is 12.4 Å². The maximum atomic E-state index is 5.40. The van der Waals surface area contributed by atoms with Gasteiger partial charge in [0.25, 0.3) is 0 Å². The predicted molar refractivity (Wildman–Crippen MR) is 96.9 cm³/mol. The summed E-state index contributed by atoms with van der Waals surface area (Å²) in [4.78, 5) is 0. The van der Waals surface area contributed by atoms with E-state index in [1.54, 1.807) is 28.4 Å². The SMILES string of the molecule is COc1ccc(CNCc2ccc(OC)c(OC)c2)c(OC)c1.Cl. The van der Waals surface area contributed by atoms with Crippen molar-refractivity contribution < 1.29 is 18.9 Å². The molecule has 0 atom stereocenters. The Morgan fingerprint density at radius 1 is 0.708 bits per heavy atom. The largest absolute Gasteiger partial charge is 0.497 e. The second kappa shape index (κ2) is 9.90. The molecule has 2 aromatic carbocycles. The maximum absolute atomic E-state index is 5.40. The molecular weight excluding hydrogens is 330 g/mol. The van der Waals surface area contributed by atoms with Gasteiger partial charge in [-0.15, -0.1) is 12.4 Å². The predicted octanol–water partition coefficient (Wildman–Crippen LogP) is 3.43. The molecule has 0 heterocycles. The van der Waals surface area contributed by atoms with Gasteiger partial charge >= 0.3 is 0 Å². The fourth-order valence-corrected chi connectivity index (χ4v) is 2.33. The molecule has 24 heavy (non-hydrogen) atoms. The molecule has 0 radical (unpaired) electrons. The van der Waals surface area contributed by atoms with Gasteiger partial charge in [-0.2, -0.15) is 0 Å². The van der Waals surface area contributed by atoms with Crippen molar-refractivity contribution >= 4 is 12.4 Å². The summed E-state index contributed by atoms with van der Waals surface area (Å²) in [6.45, 7) is 1.41. The molecule has 0 saturated carbocycles. The van der Waals surface area contributed by atoms with Crippen LogP contribution in [0, 0.1) is 0 Å². The lowest BCUT2D eigenvalue weighted by molar-refractivity contribution is 0.354. The molecule has 0 aliphatic heterocycles. The summed E-state index contributed by atoms with van der Waals surface area (Å²) in [7, 11) is 6.57. The van der Waals surface area contributed by atoms with Gasteiger partial charge in [-0.25, -0.2) is 0 Å². The van der Waals surface area contributed by atoms with Crippen molar-refractivity contribution in [2.75, 3.05) is 28.4 Å². The molecule has 6 heteroatoms. The van der Waals surface area contributed by atoms with Crippen LogP contribution < -0.4 is 24.3 Å². The number of rotatable bonds is 8. The summed E-state index contributed by atoms with van der Waals surface area (Å²) in [5, 5.41) is 3.40. The van der Waals surface area contributed by atoms with Crippen LogP contribution in [0.15, 0.2) is 36.4 Å². The zero-order valence-electron chi connectivity index (χ0n) is 14.4. The molecule has 0 bridgehead atoms. The Kier molecular flexibility index (Phi) is 8.22. The van der Waals surface area contributed by atoms with E-state index in [-0.39, 0.29) is 12.4 Å². The number of ether oxygens (including phenoxy) is 4. The zero-order valence-corrected chi connectivity index (χ0v) is 15.2. The van der Waals surface area contributed by atoms with E-state index >= 15 is 0 Å². The highest BCUT2D eigenvalue weighted by atomic mass is 35.5. The fourth-order valence-electron chi connectivity index (χ4n) is 2.33. The first-order valence-electron chi connectivity index (χ1n) is 7.34. The molecule has 2 rings (SSSR count). The average molecular weight is 354 g/mol. The van der Waals surface area contributed by atoms with E-state index in [2.05, 4.69) is 5.32 Å². The first-order valence-corrected chi connectivity index (χ1v) is 7.34. The Bertz CT molecular complexity index is 649. The third kappa shape index (κ3) is 4.94. The Morgan fingerprint density at radius 2 is 1.42 bits per heavy atom. The summed E-state index contributed by atoms with van der Waals surface area (Å²) < 4.78 is 21.2. The third-order valence-corrected chi connectivity index (χ3v) is 3.59. The van der Waals surface area contributed by atoms with Gasteiger partial charge in [0.1, 0.15) is 11.5 Å². The minimum absolute atomic E-state index is 0. The highest BCUT2D eigenvalue weighted by Crippen LogP contribution is 2.28. The van der Waals surface area contributed by atoms with Crippen LogP contribution in [0.5, 0.6) is 23.0 Å². The van der Waals surface area contributed by atoms with Gasteiger partial charge in [-0.1, -0.05) is 12.1 Å². The van der Waals surface area contributed by atoms with Crippen molar-refractivity contribution in [3.63, 3.8) is 0 Å². The second-order valence-corrected chi connectivity index (χ2v) is 4.97. The number of benzene rings is 2. The van der Waals surface area contributed by atoms with Crippen molar-refractivity contribution in [2.45, 2.75) is 13.1 Å². The van der Waals surface area contributed by atoms with E-state index in [1.807, 2.05) is 36.4 Å². The minimum atomic E-state index is 0. The standard InChI is InChI=1S/C18H23NO4.ClH/c1-20-15-7-6-14(17(10-15)22-3)12-19-11-13-5-8-16(21-2)18(9-13)23-4;/h5-10,19H,11-12H2,1-4H3;1H. The zero-order chi connectivity index (χ0) is 16.7. The number of nitrogens with one attached hydrogen (secondary N) is 1. The van der Waals surface area contributed by atoms with Crippen molar-refractivity contribution in [3.8, 4) is 23.0 Å². The number of halogens is 1. The van der Waals surface area contributed by atoms with Crippen molar-refractivity contribution in [1.29, 1.82) is 0 Å². The molecule has 0 amide bonds. The van der Waals surface area contributed by atoms with Gasteiger partial charge in [0, 0.05) is 24.7 Å². The third-order valence-electron chi connectivity index (χ3n) is 3.59. The van der Waals surface area contributed by atoms with Gasteiger partial charge in [0.2, 0.25) is 0 Å². The lowest BCUT2D eigenvalue weighted by Gasteiger charge is -2.12. The number of hydrogen-bond donors (Lipinski definition) is 1. The molecule has 0 fully saturated rings. The molecule has 1 N–H and O–H groups in total. The first kappa shape index (κ1) is 19.9. The molecule has 0 aromatic heterocycles. The molecule has 0 spiro atoms. The summed E-state index contributed by atoms with van der Waals surface area (Å²) in [6, 6.07) is 11.7. The van der Waals surface area contributed by atoms with Gasteiger partial charge in [0.05, 0.1) is 28.4 Å². The summed E-state index contributed by atoms with van der Waals surface area (Å²) in [6.07, 6.45) is 0. The smallest absolute Gasteiger partial charge is 0.161 e. The Morgan fingerprint density at radius 3 is 2.04 bits per heavy atom. The molecule has 132 valence electrons. The highest BCUT2D eigenvalue weighted by Gasteiger charge is 2.07. The van der Waals surface area contributed by atoms with E-state index in [9.17, 15) is 0 Å². The molecular formula is C18H24ClNO4. The Hall–Kier alpha value is -2.11. The van der Waals surface area contributed by atoms with Crippen LogP contribution in [0.3, 0.4) is 0 Å². The van der Waals surface area contributed by atoms with Crippen LogP contribution in [0.1, 0.15) is 11.1 Å². The van der Waals surface area contributed by atoms with Crippen LogP contribution in [0.25, 0.3) is 0 Å².